The predicted molar refractivity (Wildman–Crippen MR) is 79.8 cm³/mol. The summed E-state index contributed by atoms with van der Waals surface area (Å²) in [5.74, 6) is 0.679. The van der Waals surface area contributed by atoms with E-state index in [0.29, 0.717) is 5.56 Å². The number of carbonyl (C=O) groups excluding carboxylic acids is 1. The number of anilines is 1. The smallest absolute Gasteiger partial charge is 0.255 e. The first kappa shape index (κ1) is 13.6. The molecule has 0 aromatic heterocycles. The Morgan fingerprint density at radius 1 is 1.16 bits per heavy atom. The molecule has 4 heteroatoms. The van der Waals surface area contributed by atoms with Crippen LogP contribution in [0.2, 0.25) is 0 Å². The lowest BCUT2D eigenvalue weighted by Gasteiger charge is -2.09. The number of hydrogen-bond donors (Lipinski definition) is 1. The van der Waals surface area contributed by atoms with E-state index in [4.69, 9.17) is 4.74 Å². The Labute approximate surface area is 120 Å². The Morgan fingerprint density at radius 3 is 2.42 bits per heavy atom. The predicted octanol–water partition coefficient (Wildman–Crippen LogP) is 4.02. The molecule has 0 bridgehead atoms. The van der Waals surface area contributed by atoms with Gasteiger partial charge in [0, 0.05) is 15.7 Å². The average Bonchev–Trinajstić information content (AvgIpc) is 2.39. The van der Waals surface area contributed by atoms with Crippen LogP contribution < -0.4 is 10.1 Å². The van der Waals surface area contributed by atoms with Crippen LogP contribution >= 0.6 is 15.9 Å². The molecule has 1 amide bonds. The third-order valence-electron chi connectivity index (χ3n) is 2.76. The van der Waals surface area contributed by atoms with E-state index < -0.39 is 0 Å². The SMILES string of the molecule is COc1ccc(NC(=O)c2ccc(Br)cc2)cc1C. The van der Waals surface area contributed by atoms with Crippen molar-refractivity contribution in [2.75, 3.05) is 12.4 Å². The molecule has 0 heterocycles. The zero-order valence-corrected chi connectivity index (χ0v) is 12.3. The van der Waals surface area contributed by atoms with Gasteiger partial charge in [0.15, 0.2) is 0 Å². The number of methoxy groups -OCH3 is 1. The molecule has 2 aromatic rings. The van der Waals surface area contributed by atoms with Crippen LogP contribution in [0.4, 0.5) is 5.69 Å². The van der Waals surface area contributed by atoms with Gasteiger partial charge in [0.05, 0.1) is 7.11 Å². The van der Waals surface area contributed by atoms with E-state index in [-0.39, 0.29) is 5.91 Å². The Bertz CT molecular complexity index is 594. The first-order valence-corrected chi connectivity index (χ1v) is 6.61. The molecule has 0 fully saturated rings. The van der Waals surface area contributed by atoms with Gasteiger partial charge in [-0.2, -0.15) is 0 Å². The quantitative estimate of drug-likeness (QED) is 0.928. The Balaban J connectivity index is 2.14. The van der Waals surface area contributed by atoms with Crippen molar-refractivity contribution in [1.29, 1.82) is 0 Å². The lowest BCUT2D eigenvalue weighted by Crippen LogP contribution is -2.11. The van der Waals surface area contributed by atoms with Gasteiger partial charge in [-0.05, 0) is 55.0 Å². The highest BCUT2D eigenvalue weighted by atomic mass is 79.9. The van der Waals surface area contributed by atoms with E-state index in [1.54, 1.807) is 19.2 Å². The molecule has 0 aliphatic rings. The minimum atomic E-state index is -0.128. The van der Waals surface area contributed by atoms with Gasteiger partial charge < -0.3 is 10.1 Å². The monoisotopic (exact) mass is 319 g/mol. The summed E-state index contributed by atoms with van der Waals surface area (Å²) in [4.78, 5) is 12.0. The first-order valence-electron chi connectivity index (χ1n) is 5.81. The largest absolute Gasteiger partial charge is 0.496 e. The van der Waals surface area contributed by atoms with Gasteiger partial charge in [-0.1, -0.05) is 15.9 Å². The van der Waals surface area contributed by atoms with Crippen LogP contribution in [0, 0.1) is 6.92 Å². The normalized spacial score (nSPS) is 10.1. The fourth-order valence-electron chi connectivity index (χ4n) is 1.76. The van der Waals surface area contributed by atoms with Crippen LogP contribution in [0.1, 0.15) is 15.9 Å². The molecule has 0 saturated carbocycles. The maximum atomic E-state index is 12.0. The number of carbonyl (C=O) groups is 1. The zero-order chi connectivity index (χ0) is 13.8. The summed E-state index contributed by atoms with van der Waals surface area (Å²) >= 11 is 3.34. The molecule has 3 nitrogen and oxygen atoms in total. The molecule has 0 atom stereocenters. The van der Waals surface area contributed by atoms with Gasteiger partial charge in [-0.25, -0.2) is 0 Å². The maximum Gasteiger partial charge on any atom is 0.255 e. The van der Waals surface area contributed by atoms with Crippen LogP contribution in [-0.4, -0.2) is 13.0 Å². The second kappa shape index (κ2) is 5.89. The highest BCUT2D eigenvalue weighted by Gasteiger charge is 2.07. The number of halogens is 1. The van der Waals surface area contributed by atoms with Crippen molar-refractivity contribution in [3.8, 4) is 5.75 Å². The van der Waals surface area contributed by atoms with Crippen LogP contribution in [0.5, 0.6) is 5.75 Å². The number of benzene rings is 2. The van der Waals surface area contributed by atoms with Gasteiger partial charge in [-0.3, -0.25) is 4.79 Å². The second-order valence-corrected chi connectivity index (χ2v) is 5.06. The van der Waals surface area contributed by atoms with Crippen LogP contribution in [-0.2, 0) is 0 Å². The molecule has 98 valence electrons. The standard InChI is InChI=1S/C15H14BrNO2/c1-10-9-13(7-8-14(10)19-2)17-15(18)11-3-5-12(16)6-4-11/h3-9H,1-2H3,(H,17,18). The molecule has 1 N–H and O–H groups in total. The van der Waals surface area contributed by atoms with Gasteiger partial charge in [-0.15, -0.1) is 0 Å². The molecule has 19 heavy (non-hydrogen) atoms. The molecule has 0 unspecified atom stereocenters. The highest BCUT2D eigenvalue weighted by Crippen LogP contribution is 2.22. The molecule has 0 spiro atoms. The van der Waals surface area contributed by atoms with Crippen molar-refractivity contribution in [2.24, 2.45) is 0 Å². The first-order chi connectivity index (χ1) is 9.10. The van der Waals surface area contributed by atoms with E-state index in [1.807, 2.05) is 37.3 Å². The summed E-state index contributed by atoms with van der Waals surface area (Å²) in [6.45, 7) is 1.94. The Morgan fingerprint density at radius 2 is 1.84 bits per heavy atom. The number of aryl methyl sites for hydroxylation is 1. The third kappa shape index (κ3) is 3.35. The highest BCUT2D eigenvalue weighted by molar-refractivity contribution is 9.10. The van der Waals surface area contributed by atoms with Crippen LogP contribution in [0.3, 0.4) is 0 Å². The third-order valence-corrected chi connectivity index (χ3v) is 3.29. The number of ether oxygens (including phenoxy) is 1. The summed E-state index contributed by atoms with van der Waals surface area (Å²) in [7, 11) is 1.63. The van der Waals surface area contributed by atoms with Gasteiger partial charge in [0.2, 0.25) is 0 Å². The van der Waals surface area contributed by atoms with Gasteiger partial charge >= 0.3 is 0 Å². The maximum absolute atomic E-state index is 12.0. The molecule has 0 radical (unpaired) electrons. The van der Waals surface area contributed by atoms with Crippen molar-refractivity contribution < 1.29 is 9.53 Å². The van der Waals surface area contributed by atoms with Crippen molar-refractivity contribution in [3.63, 3.8) is 0 Å². The van der Waals surface area contributed by atoms with Crippen molar-refractivity contribution >= 4 is 27.5 Å². The van der Waals surface area contributed by atoms with Gasteiger partial charge in [0.25, 0.3) is 5.91 Å². The molecule has 0 saturated heterocycles. The Kier molecular flexibility index (Phi) is 4.22. The average molecular weight is 320 g/mol. The number of hydrogen-bond acceptors (Lipinski definition) is 2. The molecular weight excluding hydrogens is 306 g/mol. The lowest BCUT2D eigenvalue weighted by atomic mass is 10.1. The van der Waals surface area contributed by atoms with Crippen LogP contribution in [0.15, 0.2) is 46.9 Å². The minimum absolute atomic E-state index is 0.128. The van der Waals surface area contributed by atoms with Crippen LogP contribution in [0.25, 0.3) is 0 Å². The molecule has 0 aliphatic carbocycles. The topological polar surface area (TPSA) is 38.3 Å². The van der Waals surface area contributed by atoms with E-state index in [2.05, 4.69) is 21.2 Å². The number of nitrogens with one attached hydrogen (secondary N) is 1. The molecule has 2 aromatic carbocycles. The van der Waals surface area contributed by atoms with Gasteiger partial charge in [0.1, 0.15) is 5.75 Å². The lowest BCUT2D eigenvalue weighted by molar-refractivity contribution is 0.102. The van der Waals surface area contributed by atoms with E-state index >= 15 is 0 Å². The zero-order valence-electron chi connectivity index (χ0n) is 10.7. The molecule has 2 rings (SSSR count). The fourth-order valence-corrected chi connectivity index (χ4v) is 2.03. The van der Waals surface area contributed by atoms with E-state index in [1.165, 1.54) is 0 Å². The Hall–Kier alpha value is -1.81. The number of amides is 1. The van der Waals surface area contributed by atoms with E-state index in [0.717, 1.165) is 21.5 Å². The second-order valence-electron chi connectivity index (χ2n) is 4.15. The molecule has 0 aliphatic heterocycles. The summed E-state index contributed by atoms with van der Waals surface area (Å²) in [5.41, 5.74) is 2.36. The van der Waals surface area contributed by atoms with Crippen molar-refractivity contribution in [1.82, 2.24) is 0 Å². The van der Waals surface area contributed by atoms with E-state index in [9.17, 15) is 4.79 Å². The summed E-state index contributed by atoms with van der Waals surface area (Å²) in [6.07, 6.45) is 0. The van der Waals surface area contributed by atoms with Crippen molar-refractivity contribution in [2.45, 2.75) is 6.92 Å². The summed E-state index contributed by atoms with van der Waals surface area (Å²) in [5, 5.41) is 2.86. The summed E-state index contributed by atoms with van der Waals surface area (Å²) in [6, 6.07) is 12.8. The minimum Gasteiger partial charge on any atom is -0.496 e. The molecular formula is C15H14BrNO2. The summed E-state index contributed by atoms with van der Waals surface area (Å²) < 4.78 is 6.13. The van der Waals surface area contributed by atoms with Crippen molar-refractivity contribution in [3.05, 3.63) is 58.1 Å². The fraction of sp³-hybridized carbons (Fsp3) is 0.133. The number of rotatable bonds is 3.